The van der Waals surface area contributed by atoms with E-state index in [4.69, 9.17) is 15.3 Å². The van der Waals surface area contributed by atoms with Crippen molar-refractivity contribution in [2.45, 2.75) is 26.7 Å². The maximum Gasteiger partial charge on any atom is 0.129 e. The standard InChI is InChI=1S/C5H10O.NO3/c1-3-4-5(2)6;2-1(3)4/h3-4H2,1-2H3;/q;-1. The summed E-state index contributed by atoms with van der Waals surface area (Å²) in [6, 6.07) is 0. The molecule has 0 radical (unpaired) electrons. The van der Waals surface area contributed by atoms with Crippen LogP contribution < -0.4 is 0 Å². The number of hydrogen-bond donors (Lipinski definition) is 0. The summed E-state index contributed by atoms with van der Waals surface area (Å²) >= 11 is 0. The van der Waals surface area contributed by atoms with Crippen molar-refractivity contribution < 1.29 is 9.88 Å². The van der Waals surface area contributed by atoms with Gasteiger partial charge in [0, 0.05) is 6.42 Å². The molecule has 0 amide bonds. The van der Waals surface area contributed by atoms with Gasteiger partial charge < -0.3 is 20.1 Å². The Morgan fingerprint density at radius 1 is 1.50 bits per heavy atom. The quantitative estimate of drug-likeness (QED) is 0.434. The van der Waals surface area contributed by atoms with Gasteiger partial charge in [-0.2, -0.15) is 0 Å². The summed E-state index contributed by atoms with van der Waals surface area (Å²) in [5.74, 6) is 0.289. The predicted molar refractivity (Wildman–Crippen MR) is 36.0 cm³/mol. The van der Waals surface area contributed by atoms with E-state index in [1.165, 1.54) is 0 Å². The fourth-order valence-corrected chi connectivity index (χ4v) is 0.352. The zero-order chi connectivity index (χ0) is 8.57. The molecule has 0 aromatic carbocycles. The predicted octanol–water partition coefficient (Wildman–Crippen LogP) is 1.14. The van der Waals surface area contributed by atoms with Crippen LogP contribution in [0.15, 0.2) is 0 Å². The lowest BCUT2D eigenvalue weighted by Crippen LogP contribution is -1.84. The first kappa shape index (κ1) is 11.6. The lowest BCUT2D eigenvalue weighted by molar-refractivity contribution is -0.402. The van der Waals surface area contributed by atoms with Gasteiger partial charge in [0.2, 0.25) is 0 Å². The molecular weight excluding hydrogens is 138 g/mol. The van der Waals surface area contributed by atoms with Crippen molar-refractivity contribution in [3.05, 3.63) is 15.3 Å². The molecule has 5 heteroatoms. The van der Waals surface area contributed by atoms with Crippen LogP contribution in [-0.4, -0.2) is 10.9 Å². The van der Waals surface area contributed by atoms with E-state index in [0.29, 0.717) is 0 Å². The summed E-state index contributed by atoms with van der Waals surface area (Å²) < 4.78 is 0. The van der Waals surface area contributed by atoms with Crippen LogP contribution in [-0.2, 0) is 4.79 Å². The first-order chi connectivity index (χ1) is 4.50. The molecule has 0 spiro atoms. The molecule has 60 valence electrons. The average molecular weight is 148 g/mol. The Morgan fingerprint density at radius 3 is 1.80 bits per heavy atom. The van der Waals surface area contributed by atoms with E-state index in [9.17, 15) is 4.79 Å². The molecule has 5 nitrogen and oxygen atoms in total. The van der Waals surface area contributed by atoms with Crippen LogP contribution in [0.4, 0.5) is 0 Å². The molecule has 0 aliphatic heterocycles. The van der Waals surface area contributed by atoms with Crippen molar-refractivity contribution in [1.82, 2.24) is 0 Å². The summed E-state index contributed by atoms with van der Waals surface area (Å²) in [5, 5.41) is 14.8. The fourth-order valence-electron chi connectivity index (χ4n) is 0.352. The minimum atomic E-state index is -1.75. The first-order valence-corrected chi connectivity index (χ1v) is 2.81. The maximum absolute atomic E-state index is 10.0. The largest absolute Gasteiger partial charge is 0.356 e. The highest BCUT2D eigenvalue weighted by atomic mass is 16.9. The Morgan fingerprint density at radius 2 is 1.80 bits per heavy atom. The van der Waals surface area contributed by atoms with Crippen LogP contribution in [0.5, 0.6) is 0 Å². The molecule has 0 aromatic heterocycles. The number of rotatable bonds is 2. The van der Waals surface area contributed by atoms with Gasteiger partial charge in [-0.15, -0.1) is 0 Å². The van der Waals surface area contributed by atoms with E-state index in [-0.39, 0.29) is 5.78 Å². The lowest BCUT2D eigenvalue weighted by Gasteiger charge is -1.80. The van der Waals surface area contributed by atoms with E-state index in [1.54, 1.807) is 6.92 Å². The molecule has 0 saturated carbocycles. The summed E-state index contributed by atoms with van der Waals surface area (Å²) in [6.07, 6.45) is 1.72. The summed E-state index contributed by atoms with van der Waals surface area (Å²) in [7, 11) is 0. The van der Waals surface area contributed by atoms with Gasteiger partial charge in [-0.3, -0.25) is 0 Å². The van der Waals surface area contributed by atoms with Gasteiger partial charge in [-0.25, -0.2) is 0 Å². The zero-order valence-electron chi connectivity index (χ0n) is 5.99. The Hall–Kier alpha value is -1.13. The molecule has 0 bridgehead atoms. The second-order valence-corrected chi connectivity index (χ2v) is 1.68. The van der Waals surface area contributed by atoms with Crippen molar-refractivity contribution in [3.63, 3.8) is 0 Å². The second-order valence-electron chi connectivity index (χ2n) is 1.68. The molecule has 0 aliphatic carbocycles. The van der Waals surface area contributed by atoms with Gasteiger partial charge in [-0.1, -0.05) is 6.92 Å². The smallest absolute Gasteiger partial charge is 0.129 e. The molecule has 0 atom stereocenters. The van der Waals surface area contributed by atoms with E-state index in [1.807, 2.05) is 6.92 Å². The van der Waals surface area contributed by atoms with Crippen LogP contribution in [0.25, 0.3) is 0 Å². The Balaban J connectivity index is 0. The minimum absolute atomic E-state index is 0.289. The van der Waals surface area contributed by atoms with Crippen molar-refractivity contribution in [1.29, 1.82) is 0 Å². The molecule has 0 fully saturated rings. The van der Waals surface area contributed by atoms with Crippen LogP contribution in [0, 0.1) is 15.3 Å². The number of Topliss-reactive ketones (excluding diaryl/α,β-unsaturated/α-hetero) is 1. The van der Waals surface area contributed by atoms with E-state index < -0.39 is 5.09 Å². The highest BCUT2D eigenvalue weighted by molar-refractivity contribution is 5.75. The van der Waals surface area contributed by atoms with Gasteiger partial charge in [0.15, 0.2) is 0 Å². The summed E-state index contributed by atoms with van der Waals surface area (Å²) in [4.78, 5) is 18.3. The fraction of sp³-hybridized carbons (Fsp3) is 0.800. The second kappa shape index (κ2) is 7.87. The van der Waals surface area contributed by atoms with Crippen LogP contribution in [0.2, 0.25) is 0 Å². The van der Waals surface area contributed by atoms with E-state index >= 15 is 0 Å². The van der Waals surface area contributed by atoms with Gasteiger partial charge >= 0.3 is 0 Å². The molecule has 0 heterocycles. The van der Waals surface area contributed by atoms with Crippen LogP contribution in [0.1, 0.15) is 26.7 Å². The van der Waals surface area contributed by atoms with Crippen molar-refractivity contribution >= 4 is 5.78 Å². The van der Waals surface area contributed by atoms with Crippen LogP contribution in [0.3, 0.4) is 0 Å². The molecule has 10 heavy (non-hydrogen) atoms. The molecular formula is C5H10NO4-. The van der Waals surface area contributed by atoms with Gasteiger partial charge in [0.05, 0.1) is 5.09 Å². The third-order valence-electron chi connectivity index (χ3n) is 0.602. The van der Waals surface area contributed by atoms with Gasteiger partial charge in [-0.05, 0) is 13.3 Å². The molecule has 0 saturated heterocycles. The van der Waals surface area contributed by atoms with Crippen molar-refractivity contribution in [2.75, 3.05) is 0 Å². The molecule has 0 N–H and O–H groups in total. The Labute approximate surface area is 58.8 Å². The monoisotopic (exact) mass is 148 g/mol. The topological polar surface area (TPSA) is 83.3 Å². The first-order valence-electron chi connectivity index (χ1n) is 2.81. The van der Waals surface area contributed by atoms with Gasteiger partial charge in [0.1, 0.15) is 5.78 Å². The summed E-state index contributed by atoms with van der Waals surface area (Å²) in [6.45, 7) is 3.62. The average Bonchev–Trinajstić information content (AvgIpc) is 1.62. The Kier molecular flexibility index (Phi) is 9.16. The SMILES string of the molecule is CCCC(C)=O.O=[N+]([O-])[O-]. The van der Waals surface area contributed by atoms with Crippen molar-refractivity contribution in [2.24, 2.45) is 0 Å². The number of nitrogens with zero attached hydrogens (tertiary/aromatic N) is 1. The number of hydrogen-bond acceptors (Lipinski definition) is 4. The number of carbonyl (C=O) groups excluding carboxylic acids is 1. The third-order valence-corrected chi connectivity index (χ3v) is 0.602. The lowest BCUT2D eigenvalue weighted by atomic mass is 10.3. The third kappa shape index (κ3) is 67.7. The minimum Gasteiger partial charge on any atom is -0.356 e. The van der Waals surface area contributed by atoms with Crippen LogP contribution >= 0.6 is 0 Å². The Bertz CT molecular complexity index is 108. The van der Waals surface area contributed by atoms with Gasteiger partial charge in [0.25, 0.3) is 0 Å². The maximum atomic E-state index is 10.0. The molecule has 0 aromatic rings. The molecule has 0 rings (SSSR count). The summed E-state index contributed by atoms with van der Waals surface area (Å²) in [5.41, 5.74) is 0. The normalized spacial score (nSPS) is 7.40. The number of carbonyl (C=O) groups is 1. The number of ketones is 1. The highest BCUT2D eigenvalue weighted by Gasteiger charge is 1.83. The molecule has 0 aliphatic rings. The van der Waals surface area contributed by atoms with E-state index in [2.05, 4.69) is 0 Å². The van der Waals surface area contributed by atoms with Crippen molar-refractivity contribution in [3.8, 4) is 0 Å². The molecule has 0 unspecified atom stereocenters. The van der Waals surface area contributed by atoms with E-state index in [0.717, 1.165) is 12.8 Å². The zero-order valence-corrected chi connectivity index (χ0v) is 5.99. The highest BCUT2D eigenvalue weighted by Crippen LogP contribution is 1.84.